The number of benzene rings is 1. The van der Waals surface area contributed by atoms with Gasteiger partial charge in [0, 0.05) is 31.0 Å². The third-order valence-corrected chi connectivity index (χ3v) is 5.07. The number of hydrogen-bond donors (Lipinski definition) is 0. The van der Waals surface area contributed by atoms with Crippen molar-refractivity contribution in [1.29, 1.82) is 0 Å². The van der Waals surface area contributed by atoms with Gasteiger partial charge in [-0.25, -0.2) is 4.68 Å². The summed E-state index contributed by atoms with van der Waals surface area (Å²) in [6.45, 7) is 3.37. The van der Waals surface area contributed by atoms with Gasteiger partial charge in [-0.2, -0.15) is 11.8 Å². The van der Waals surface area contributed by atoms with Gasteiger partial charge in [0.2, 0.25) is 5.91 Å². The van der Waals surface area contributed by atoms with Crippen LogP contribution >= 0.6 is 11.8 Å². The van der Waals surface area contributed by atoms with Gasteiger partial charge < -0.3 is 9.64 Å². The first-order valence-electron chi connectivity index (χ1n) is 7.93. The molecular weight excluding hydrogens is 326 g/mol. The van der Waals surface area contributed by atoms with Crippen LogP contribution < -0.4 is 4.74 Å². The molecule has 3 rings (SSSR count). The summed E-state index contributed by atoms with van der Waals surface area (Å²) in [5, 5.41) is 11.7. The van der Waals surface area contributed by atoms with Crippen molar-refractivity contribution in [2.24, 2.45) is 0 Å². The molecule has 1 aliphatic heterocycles. The predicted octanol–water partition coefficient (Wildman–Crippen LogP) is 1.35. The Morgan fingerprint density at radius 1 is 1.38 bits per heavy atom. The molecule has 2 aromatic rings. The number of ether oxygens (including phenoxy) is 1. The molecule has 0 bridgehead atoms. The molecule has 0 spiro atoms. The number of methoxy groups -OCH3 is 1. The SMILES string of the molecule is COc1cccc(CC(C(=O)N2CCSCC2)n2nnnc2C)c1. The maximum absolute atomic E-state index is 13.1. The number of aryl methyl sites for hydroxylation is 1. The smallest absolute Gasteiger partial charge is 0.247 e. The second-order valence-corrected chi connectivity index (χ2v) is 6.90. The molecule has 1 aromatic heterocycles. The van der Waals surface area contributed by atoms with Crippen LogP contribution in [0.2, 0.25) is 0 Å². The first kappa shape index (κ1) is 16.8. The Hall–Kier alpha value is -2.09. The molecule has 1 fully saturated rings. The summed E-state index contributed by atoms with van der Waals surface area (Å²) in [7, 11) is 1.64. The molecule has 1 aromatic carbocycles. The van der Waals surface area contributed by atoms with Gasteiger partial charge in [-0.3, -0.25) is 4.79 Å². The van der Waals surface area contributed by atoms with Gasteiger partial charge in [-0.1, -0.05) is 12.1 Å². The van der Waals surface area contributed by atoms with Crippen LogP contribution in [0.25, 0.3) is 0 Å². The van der Waals surface area contributed by atoms with Crippen molar-refractivity contribution in [2.75, 3.05) is 31.7 Å². The highest BCUT2D eigenvalue weighted by atomic mass is 32.2. The van der Waals surface area contributed by atoms with Gasteiger partial charge in [-0.05, 0) is 35.0 Å². The fraction of sp³-hybridized carbons (Fsp3) is 0.500. The molecule has 8 heteroatoms. The number of aromatic nitrogens is 4. The van der Waals surface area contributed by atoms with Crippen LogP contribution in [0.3, 0.4) is 0 Å². The van der Waals surface area contributed by atoms with Gasteiger partial charge in [0.1, 0.15) is 17.6 Å². The summed E-state index contributed by atoms with van der Waals surface area (Å²) in [6, 6.07) is 7.33. The third-order valence-electron chi connectivity index (χ3n) is 4.12. The zero-order valence-electron chi connectivity index (χ0n) is 13.9. The predicted molar refractivity (Wildman–Crippen MR) is 92.2 cm³/mol. The van der Waals surface area contributed by atoms with Crippen LogP contribution in [-0.4, -0.2) is 62.7 Å². The Balaban J connectivity index is 1.87. The Labute approximate surface area is 145 Å². The van der Waals surface area contributed by atoms with Crippen molar-refractivity contribution in [3.63, 3.8) is 0 Å². The highest BCUT2D eigenvalue weighted by Crippen LogP contribution is 2.22. The fourth-order valence-electron chi connectivity index (χ4n) is 2.82. The summed E-state index contributed by atoms with van der Waals surface area (Å²) in [4.78, 5) is 15.0. The highest BCUT2D eigenvalue weighted by molar-refractivity contribution is 7.99. The van der Waals surface area contributed by atoms with E-state index in [4.69, 9.17) is 4.74 Å². The number of carbonyl (C=O) groups excluding carboxylic acids is 1. The second kappa shape index (κ2) is 7.65. The first-order chi connectivity index (χ1) is 11.7. The van der Waals surface area contributed by atoms with Crippen LogP contribution in [0.4, 0.5) is 0 Å². The van der Waals surface area contributed by atoms with Crippen molar-refractivity contribution < 1.29 is 9.53 Å². The molecule has 1 amide bonds. The molecule has 1 unspecified atom stereocenters. The molecule has 0 N–H and O–H groups in total. The Kier molecular flexibility index (Phi) is 5.34. The topological polar surface area (TPSA) is 73.1 Å². The van der Waals surface area contributed by atoms with Crippen molar-refractivity contribution in [2.45, 2.75) is 19.4 Å². The van der Waals surface area contributed by atoms with Crippen molar-refractivity contribution in [3.8, 4) is 5.75 Å². The van der Waals surface area contributed by atoms with Crippen LogP contribution in [0.1, 0.15) is 17.4 Å². The maximum Gasteiger partial charge on any atom is 0.247 e. The molecular formula is C16H21N5O2S. The quantitative estimate of drug-likeness (QED) is 0.813. The lowest BCUT2D eigenvalue weighted by Gasteiger charge is -2.30. The van der Waals surface area contributed by atoms with Gasteiger partial charge in [0.15, 0.2) is 0 Å². The van der Waals surface area contributed by atoms with Gasteiger partial charge in [0.25, 0.3) is 0 Å². The molecule has 2 heterocycles. The molecule has 1 atom stereocenters. The van der Waals surface area contributed by atoms with Crippen molar-refractivity contribution in [1.82, 2.24) is 25.1 Å². The Morgan fingerprint density at radius 3 is 2.83 bits per heavy atom. The summed E-state index contributed by atoms with van der Waals surface area (Å²) in [5.41, 5.74) is 1.02. The Morgan fingerprint density at radius 2 is 2.17 bits per heavy atom. The van der Waals surface area contributed by atoms with E-state index in [1.807, 2.05) is 47.9 Å². The Bertz CT molecular complexity index is 699. The van der Waals surface area contributed by atoms with Gasteiger partial charge >= 0.3 is 0 Å². The lowest BCUT2D eigenvalue weighted by atomic mass is 10.0. The largest absolute Gasteiger partial charge is 0.497 e. The summed E-state index contributed by atoms with van der Waals surface area (Å²) < 4.78 is 6.91. The van der Waals surface area contributed by atoms with Crippen LogP contribution in [0.15, 0.2) is 24.3 Å². The zero-order chi connectivity index (χ0) is 16.9. The van der Waals surface area contributed by atoms with E-state index in [0.29, 0.717) is 12.2 Å². The molecule has 24 heavy (non-hydrogen) atoms. The average molecular weight is 347 g/mol. The van der Waals surface area contributed by atoms with Crippen LogP contribution in [0, 0.1) is 6.92 Å². The minimum absolute atomic E-state index is 0.0773. The molecule has 7 nitrogen and oxygen atoms in total. The number of rotatable bonds is 5. The van der Waals surface area contributed by atoms with E-state index in [9.17, 15) is 4.79 Å². The van der Waals surface area contributed by atoms with Gasteiger partial charge in [-0.15, -0.1) is 5.10 Å². The number of hydrogen-bond acceptors (Lipinski definition) is 6. The van der Waals surface area contributed by atoms with E-state index in [1.54, 1.807) is 11.8 Å². The number of amides is 1. The summed E-state index contributed by atoms with van der Waals surface area (Å²) in [6.07, 6.45) is 0.533. The normalized spacial score (nSPS) is 16.0. The molecule has 0 radical (unpaired) electrons. The second-order valence-electron chi connectivity index (χ2n) is 5.68. The third kappa shape index (κ3) is 3.69. The molecule has 0 aliphatic carbocycles. The first-order valence-corrected chi connectivity index (χ1v) is 9.08. The number of thioether (sulfide) groups is 1. The van der Waals surface area contributed by atoms with E-state index in [2.05, 4.69) is 15.5 Å². The van der Waals surface area contributed by atoms with E-state index in [0.717, 1.165) is 35.9 Å². The van der Waals surface area contributed by atoms with Crippen molar-refractivity contribution in [3.05, 3.63) is 35.7 Å². The highest BCUT2D eigenvalue weighted by Gasteiger charge is 2.29. The monoisotopic (exact) mass is 347 g/mol. The maximum atomic E-state index is 13.1. The van der Waals surface area contributed by atoms with Crippen LogP contribution in [-0.2, 0) is 11.2 Å². The fourth-order valence-corrected chi connectivity index (χ4v) is 3.72. The van der Waals surface area contributed by atoms with E-state index in [1.165, 1.54) is 0 Å². The summed E-state index contributed by atoms with van der Waals surface area (Å²) in [5.74, 6) is 3.45. The standard InChI is InChI=1S/C16H21N5O2S/c1-12-17-18-19-21(12)15(16(22)20-6-8-24-9-7-20)11-13-4-3-5-14(10-13)23-2/h3-5,10,15H,6-9,11H2,1-2H3. The molecule has 128 valence electrons. The minimum atomic E-state index is -0.435. The lowest BCUT2D eigenvalue weighted by Crippen LogP contribution is -2.43. The average Bonchev–Trinajstić information content (AvgIpc) is 3.06. The van der Waals surface area contributed by atoms with E-state index < -0.39 is 6.04 Å². The number of nitrogens with zero attached hydrogens (tertiary/aromatic N) is 5. The summed E-state index contributed by atoms with van der Waals surface area (Å²) >= 11 is 1.88. The lowest BCUT2D eigenvalue weighted by molar-refractivity contribution is -0.134. The van der Waals surface area contributed by atoms with Crippen LogP contribution in [0.5, 0.6) is 5.75 Å². The molecule has 1 aliphatic rings. The zero-order valence-corrected chi connectivity index (χ0v) is 14.7. The number of tetrazole rings is 1. The van der Waals surface area contributed by atoms with Crippen molar-refractivity contribution >= 4 is 17.7 Å². The van der Waals surface area contributed by atoms with E-state index in [-0.39, 0.29) is 5.91 Å². The molecule has 1 saturated heterocycles. The van der Waals surface area contributed by atoms with E-state index >= 15 is 0 Å². The molecule has 0 saturated carbocycles. The minimum Gasteiger partial charge on any atom is -0.497 e. The van der Waals surface area contributed by atoms with Gasteiger partial charge in [0.05, 0.1) is 7.11 Å². The number of carbonyl (C=O) groups is 1.